The van der Waals surface area contributed by atoms with Gasteiger partial charge in [0.15, 0.2) is 6.04 Å². The van der Waals surface area contributed by atoms with E-state index in [0.29, 0.717) is 6.61 Å². The first kappa shape index (κ1) is 27.3. The Balaban J connectivity index is 2.04. The van der Waals surface area contributed by atoms with E-state index in [-0.39, 0.29) is 46.2 Å². The van der Waals surface area contributed by atoms with Gasteiger partial charge in [-0.15, -0.1) is 0 Å². The van der Waals surface area contributed by atoms with Crippen LogP contribution < -0.4 is 10.6 Å². The van der Waals surface area contributed by atoms with Gasteiger partial charge in [0.1, 0.15) is 13.2 Å². The molecule has 32 heavy (non-hydrogen) atoms. The van der Waals surface area contributed by atoms with Crippen molar-refractivity contribution in [3.8, 4) is 0 Å². The maximum Gasteiger partial charge on any atom is 0.407 e. The first-order valence-electron chi connectivity index (χ1n) is 10.6. The normalized spacial score (nSPS) is 11.4. The number of hydrogen-bond acceptors (Lipinski definition) is 8. The standard InChI is InChI=1S/C22H34N2O8/c1-3-4-11-30-16-19(21(26)28-2)24-20(25)17-31-14-13-29-12-10-23-22(27)32-15-18-8-6-5-7-9-18/h5-9,19H,3-4,10-17H2,1-2H3,(H,23,27)(H,24,25)/t19-/m0/s1. The number of benzene rings is 1. The van der Waals surface area contributed by atoms with E-state index in [0.717, 1.165) is 18.4 Å². The Labute approximate surface area is 188 Å². The second-order valence-corrected chi connectivity index (χ2v) is 6.73. The fourth-order valence-corrected chi connectivity index (χ4v) is 2.38. The van der Waals surface area contributed by atoms with Gasteiger partial charge in [0.2, 0.25) is 5.91 Å². The molecule has 2 amide bonds. The smallest absolute Gasteiger partial charge is 0.407 e. The molecule has 0 fully saturated rings. The van der Waals surface area contributed by atoms with Gasteiger partial charge in [0.05, 0.1) is 33.5 Å². The van der Waals surface area contributed by atoms with Crippen LogP contribution in [0.3, 0.4) is 0 Å². The summed E-state index contributed by atoms with van der Waals surface area (Å²) in [6.07, 6.45) is 1.32. The number of nitrogens with one attached hydrogen (secondary N) is 2. The minimum absolute atomic E-state index is 0.0440. The molecule has 0 heterocycles. The lowest BCUT2D eigenvalue weighted by molar-refractivity contribution is -0.147. The predicted molar refractivity (Wildman–Crippen MR) is 116 cm³/mol. The maximum atomic E-state index is 11.9. The van der Waals surface area contributed by atoms with Crippen molar-refractivity contribution in [1.29, 1.82) is 0 Å². The average Bonchev–Trinajstić information content (AvgIpc) is 2.81. The highest BCUT2D eigenvalue weighted by atomic mass is 16.6. The summed E-state index contributed by atoms with van der Waals surface area (Å²) in [6.45, 7) is 3.54. The highest BCUT2D eigenvalue weighted by Crippen LogP contribution is 2.00. The molecule has 180 valence electrons. The SMILES string of the molecule is CCCCOC[C@H](NC(=O)COCCOCCNC(=O)OCc1ccccc1)C(=O)OC. The molecule has 0 aromatic heterocycles. The third-order valence-electron chi connectivity index (χ3n) is 4.08. The van der Waals surface area contributed by atoms with E-state index >= 15 is 0 Å². The minimum atomic E-state index is -0.878. The van der Waals surface area contributed by atoms with Gasteiger partial charge in [0, 0.05) is 13.2 Å². The fourth-order valence-electron chi connectivity index (χ4n) is 2.38. The van der Waals surface area contributed by atoms with Crippen molar-refractivity contribution in [3.05, 3.63) is 35.9 Å². The van der Waals surface area contributed by atoms with Gasteiger partial charge in [-0.25, -0.2) is 9.59 Å². The van der Waals surface area contributed by atoms with E-state index in [4.69, 9.17) is 18.9 Å². The fraction of sp³-hybridized carbons (Fsp3) is 0.591. The second-order valence-electron chi connectivity index (χ2n) is 6.73. The van der Waals surface area contributed by atoms with Crippen molar-refractivity contribution in [3.63, 3.8) is 0 Å². The summed E-state index contributed by atoms with van der Waals surface area (Å²) in [5, 5.41) is 5.10. The summed E-state index contributed by atoms with van der Waals surface area (Å²) in [5.41, 5.74) is 0.905. The molecule has 1 rings (SSSR count). The molecule has 0 aliphatic heterocycles. The van der Waals surface area contributed by atoms with E-state index in [1.54, 1.807) is 0 Å². The van der Waals surface area contributed by atoms with Gasteiger partial charge in [-0.05, 0) is 12.0 Å². The highest BCUT2D eigenvalue weighted by Gasteiger charge is 2.21. The van der Waals surface area contributed by atoms with Crippen LogP contribution in [0.4, 0.5) is 4.79 Å². The molecule has 10 nitrogen and oxygen atoms in total. The van der Waals surface area contributed by atoms with E-state index < -0.39 is 24.0 Å². The molecule has 10 heteroatoms. The molecule has 1 aromatic carbocycles. The number of alkyl carbamates (subject to hydrolysis) is 1. The topological polar surface area (TPSA) is 121 Å². The Morgan fingerprint density at radius 3 is 2.44 bits per heavy atom. The van der Waals surface area contributed by atoms with Crippen molar-refractivity contribution in [1.82, 2.24) is 10.6 Å². The van der Waals surface area contributed by atoms with Gasteiger partial charge < -0.3 is 34.3 Å². The summed E-state index contributed by atoms with van der Waals surface area (Å²) in [7, 11) is 1.25. The van der Waals surface area contributed by atoms with Crippen LogP contribution in [-0.4, -0.2) is 77.3 Å². The zero-order valence-corrected chi connectivity index (χ0v) is 18.8. The third-order valence-corrected chi connectivity index (χ3v) is 4.08. The van der Waals surface area contributed by atoms with Crippen molar-refractivity contribution < 1.29 is 38.1 Å². The van der Waals surface area contributed by atoms with Crippen LogP contribution in [0.5, 0.6) is 0 Å². The first-order valence-corrected chi connectivity index (χ1v) is 10.6. The van der Waals surface area contributed by atoms with Crippen LogP contribution in [-0.2, 0) is 39.9 Å². The third kappa shape index (κ3) is 13.6. The van der Waals surface area contributed by atoms with Gasteiger partial charge >= 0.3 is 12.1 Å². The number of rotatable bonds is 17. The lowest BCUT2D eigenvalue weighted by Gasteiger charge is -2.16. The van der Waals surface area contributed by atoms with Crippen molar-refractivity contribution in [2.75, 3.05) is 53.3 Å². The molecule has 0 radical (unpaired) electrons. The lowest BCUT2D eigenvalue weighted by Crippen LogP contribution is -2.46. The number of ether oxygens (including phenoxy) is 5. The lowest BCUT2D eigenvalue weighted by atomic mass is 10.2. The second kappa shape index (κ2) is 17.9. The summed E-state index contributed by atoms with van der Waals surface area (Å²) in [5.74, 6) is -1.03. The summed E-state index contributed by atoms with van der Waals surface area (Å²) < 4.78 is 25.7. The summed E-state index contributed by atoms with van der Waals surface area (Å²) in [4.78, 5) is 35.3. The molecule has 0 bridgehead atoms. The average molecular weight is 455 g/mol. The van der Waals surface area contributed by atoms with E-state index in [9.17, 15) is 14.4 Å². The molecule has 2 N–H and O–H groups in total. The van der Waals surface area contributed by atoms with Crippen LogP contribution >= 0.6 is 0 Å². The molecule has 1 aromatic rings. The van der Waals surface area contributed by atoms with E-state index in [1.807, 2.05) is 37.3 Å². The number of esters is 1. The maximum absolute atomic E-state index is 11.9. The molecular weight excluding hydrogens is 420 g/mol. The minimum Gasteiger partial charge on any atom is -0.467 e. The summed E-state index contributed by atoms with van der Waals surface area (Å²) >= 11 is 0. The largest absolute Gasteiger partial charge is 0.467 e. The molecular formula is C22H34N2O8. The zero-order chi connectivity index (χ0) is 23.4. The van der Waals surface area contributed by atoms with E-state index in [1.165, 1.54) is 7.11 Å². The van der Waals surface area contributed by atoms with Crippen LogP contribution in [0.15, 0.2) is 30.3 Å². The Hall–Kier alpha value is -2.69. The number of carbonyl (C=O) groups excluding carboxylic acids is 3. The number of methoxy groups -OCH3 is 1. The van der Waals surface area contributed by atoms with Gasteiger partial charge in [-0.2, -0.15) is 0 Å². The van der Waals surface area contributed by atoms with Crippen LogP contribution in [0.25, 0.3) is 0 Å². The Morgan fingerprint density at radius 2 is 1.72 bits per heavy atom. The molecule has 0 spiro atoms. The number of hydrogen-bond donors (Lipinski definition) is 2. The number of unbranched alkanes of at least 4 members (excludes halogenated alkanes) is 1. The Morgan fingerprint density at radius 1 is 0.969 bits per heavy atom. The molecule has 0 saturated heterocycles. The molecule has 0 unspecified atom stereocenters. The zero-order valence-electron chi connectivity index (χ0n) is 18.8. The monoisotopic (exact) mass is 454 g/mol. The molecule has 1 atom stereocenters. The van der Waals surface area contributed by atoms with Crippen molar-refractivity contribution in [2.45, 2.75) is 32.4 Å². The quantitative estimate of drug-likeness (QED) is 0.268. The van der Waals surface area contributed by atoms with Crippen LogP contribution in [0.1, 0.15) is 25.3 Å². The van der Waals surface area contributed by atoms with E-state index in [2.05, 4.69) is 15.4 Å². The van der Waals surface area contributed by atoms with Crippen molar-refractivity contribution in [2.24, 2.45) is 0 Å². The molecule has 0 aliphatic rings. The summed E-state index contributed by atoms with van der Waals surface area (Å²) in [6, 6.07) is 8.49. The van der Waals surface area contributed by atoms with Crippen molar-refractivity contribution >= 4 is 18.0 Å². The van der Waals surface area contributed by atoms with Gasteiger partial charge in [-0.1, -0.05) is 43.7 Å². The highest BCUT2D eigenvalue weighted by molar-refractivity contribution is 5.85. The first-order chi connectivity index (χ1) is 15.6. The van der Waals surface area contributed by atoms with Gasteiger partial charge in [0.25, 0.3) is 0 Å². The predicted octanol–water partition coefficient (Wildman–Crippen LogP) is 1.42. The Kier molecular flexibility index (Phi) is 15.3. The molecule has 0 aliphatic carbocycles. The number of amides is 2. The van der Waals surface area contributed by atoms with Crippen LogP contribution in [0.2, 0.25) is 0 Å². The van der Waals surface area contributed by atoms with Crippen LogP contribution in [0, 0.1) is 0 Å². The van der Waals surface area contributed by atoms with Gasteiger partial charge in [-0.3, -0.25) is 4.79 Å². The Bertz CT molecular complexity index is 657. The number of carbonyl (C=O) groups is 3. The molecule has 0 saturated carbocycles.